The van der Waals surface area contributed by atoms with Gasteiger partial charge in [-0.2, -0.15) is 13.2 Å². The van der Waals surface area contributed by atoms with Gasteiger partial charge in [0.05, 0.1) is 5.56 Å². The second kappa shape index (κ2) is 6.90. The van der Waals surface area contributed by atoms with Crippen molar-refractivity contribution in [2.45, 2.75) is 38.9 Å². The molecule has 1 aliphatic heterocycles. The van der Waals surface area contributed by atoms with E-state index in [9.17, 15) is 22.8 Å². The Morgan fingerprint density at radius 1 is 1.07 bits per heavy atom. The third kappa shape index (κ3) is 3.73. The summed E-state index contributed by atoms with van der Waals surface area (Å²) in [5, 5.41) is 0. The zero-order valence-electron chi connectivity index (χ0n) is 16.5. The van der Waals surface area contributed by atoms with Crippen LogP contribution < -0.4 is 5.73 Å². The molecule has 1 unspecified atom stereocenters. The van der Waals surface area contributed by atoms with Crippen LogP contribution in [-0.2, 0) is 22.9 Å². The van der Waals surface area contributed by atoms with E-state index in [0.29, 0.717) is 11.1 Å². The van der Waals surface area contributed by atoms with Gasteiger partial charge in [0.1, 0.15) is 0 Å². The van der Waals surface area contributed by atoms with E-state index >= 15 is 0 Å². The Labute approximate surface area is 167 Å². The molecule has 2 aromatic rings. The molecule has 1 atom stereocenters. The van der Waals surface area contributed by atoms with Gasteiger partial charge < -0.3 is 10.6 Å². The van der Waals surface area contributed by atoms with E-state index in [4.69, 9.17) is 5.73 Å². The van der Waals surface area contributed by atoms with Crippen LogP contribution in [0.2, 0.25) is 0 Å². The molecule has 7 heteroatoms. The van der Waals surface area contributed by atoms with Crippen molar-refractivity contribution in [2.75, 3.05) is 6.54 Å². The first kappa shape index (κ1) is 20.9. The number of hydrogen-bond donors (Lipinski definition) is 1. The maximum absolute atomic E-state index is 13.2. The van der Waals surface area contributed by atoms with E-state index < -0.39 is 23.2 Å². The zero-order valence-corrected chi connectivity index (χ0v) is 16.5. The topological polar surface area (TPSA) is 63.4 Å². The Hall–Kier alpha value is -2.83. The van der Waals surface area contributed by atoms with Crippen molar-refractivity contribution in [3.63, 3.8) is 0 Å². The SMILES string of the molecule is CC(C)(C)CN1C(=O)c2ccccc2C1(Cc1cccc(C(F)(F)F)c1)C(N)=O. The smallest absolute Gasteiger partial charge is 0.367 e. The Bertz CT molecular complexity index is 963. The number of halogens is 3. The molecule has 0 saturated heterocycles. The van der Waals surface area contributed by atoms with Gasteiger partial charge >= 0.3 is 6.18 Å². The summed E-state index contributed by atoms with van der Waals surface area (Å²) in [6.45, 7) is 5.97. The number of amides is 2. The predicted octanol–water partition coefficient (Wildman–Crippen LogP) is 4.13. The molecule has 0 radical (unpaired) electrons. The van der Waals surface area contributed by atoms with E-state index in [0.717, 1.165) is 12.1 Å². The van der Waals surface area contributed by atoms with Gasteiger partial charge in [-0.15, -0.1) is 0 Å². The van der Waals surface area contributed by atoms with Crippen LogP contribution >= 0.6 is 0 Å². The summed E-state index contributed by atoms with van der Waals surface area (Å²) in [4.78, 5) is 27.4. The number of alkyl halides is 3. The first-order valence-electron chi connectivity index (χ1n) is 9.24. The fourth-order valence-corrected chi connectivity index (χ4v) is 3.87. The van der Waals surface area contributed by atoms with E-state index in [1.807, 2.05) is 20.8 Å². The lowest BCUT2D eigenvalue weighted by molar-refractivity contribution is -0.137. The van der Waals surface area contributed by atoms with Gasteiger partial charge in [-0.05, 0) is 23.1 Å². The highest BCUT2D eigenvalue weighted by Gasteiger charge is 2.54. The molecule has 3 rings (SSSR count). The molecule has 0 bridgehead atoms. The Balaban J connectivity index is 2.18. The fourth-order valence-electron chi connectivity index (χ4n) is 3.87. The van der Waals surface area contributed by atoms with E-state index in [1.54, 1.807) is 24.3 Å². The lowest BCUT2D eigenvalue weighted by Crippen LogP contribution is -2.56. The lowest BCUT2D eigenvalue weighted by Gasteiger charge is -2.40. The quantitative estimate of drug-likeness (QED) is 0.833. The third-order valence-electron chi connectivity index (χ3n) is 5.06. The van der Waals surface area contributed by atoms with Crippen LogP contribution in [0, 0.1) is 5.41 Å². The molecule has 2 amide bonds. The van der Waals surface area contributed by atoms with Gasteiger partial charge in [0.2, 0.25) is 5.91 Å². The van der Waals surface area contributed by atoms with Crippen molar-refractivity contribution in [3.8, 4) is 0 Å². The van der Waals surface area contributed by atoms with Gasteiger partial charge in [0.25, 0.3) is 5.91 Å². The Kier molecular flexibility index (Phi) is 4.97. The summed E-state index contributed by atoms with van der Waals surface area (Å²) in [7, 11) is 0. The van der Waals surface area contributed by atoms with Crippen LogP contribution in [0.5, 0.6) is 0 Å². The molecule has 1 aliphatic rings. The van der Waals surface area contributed by atoms with Crippen molar-refractivity contribution in [1.82, 2.24) is 4.90 Å². The summed E-state index contributed by atoms with van der Waals surface area (Å²) >= 11 is 0. The van der Waals surface area contributed by atoms with Gasteiger partial charge in [0, 0.05) is 24.1 Å². The standard InChI is InChI=1S/C22H23F3N2O2/c1-20(2,3)13-27-18(28)16-9-4-5-10-17(16)21(27,19(26)29)12-14-7-6-8-15(11-14)22(23,24)25/h4-11H,12-13H2,1-3H3,(H2,26,29). The summed E-state index contributed by atoms with van der Waals surface area (Å²) in [6, 6.07) is 11.4. The van der Waals surface area contributed by atoms with Gasteiger partial charge in [-0.1, -0.05) is 57.2 Å². The minimum atomic E-state index is -4.51. The molecular weight excluding hydrogens is 381 g/mol. The molecule has 0 aromatic heterocycles. The fraction of sp³-hybridized carbons (Fsp3) is 0.364. The normalized spacial score (nSPS) is 19.4. The molecule has 0 aliphatic carbocycles. The zero-order chi connectivity index (χ0) is 21.6. The van der Waals surface area contributed by atoms with Crippen LogP contribution in [0.3, 0.4) is 0 Å². The van der Waals surface area contributed by atoms with Crippen molar-refractivity contribution < 1.29 is 22.8 Å². The Morgan fingerprint density at radius 3 is 2.31 bits per heavy atom. The number of hydrogen-bond acceptors (Lipinski definition) is 2. The summed E-state index contributed by atoms with van der Waals surface area (Å²) < 4.78 is 39.5. The molecule has 1 heterocycles. The first-order valence-corrected chi connectivity index (χ1v) is 9.24. The highest BCUT2D eigenvalue weighted by molar-refractivity contribution is 6.06. The number of benzene rings is 2. The van der Waals surface area contributed by atoms with Gasteiger partial charge in [0.15, 0.2) is 5.54 Å². The lowest BCUT2D eigenvalue weighted by atomic mass is 9.81. The van der Waals surface area contributed by atoms with Crippen molar-refractivity contribution in [3.05, 3.63) is 70.8 Å². The number of nitrogens with two attached hydrogens (primary N) is 1. The van der Waals surface area contributed by atoms with Crippen LogP contribution in [0.4, 0.5) is 13.2 Å². The molecule has 0 saturated carbocycles. The van der Waals surface area contributed by atoms with Crippen molar-refractivity contribution in [2.24, 2.45) is 11.1 Å². The van der Waals surface area contributed by atoms with Gasteiger partial charge in [-0.3, -0.25) is 9.59 Å². The van der Waals surface area contributed by atoms with Crippen LogP contribution in [0.25, 0.3) is 0 Å². The number of fused-ring (bicyclic) bond motifs is 1. The number of primary amides is 1. The molecule has 2 N–H and O–H groups in total. The molecule has 154 valence electrons. The molecule has 29 heavy (non-hydrogen) atoms. The number of nitrogens with zero attached hydrogens (tertiary/aromatic N) is 1. The van der Waals surface area contributed by atoms with Crippen molar-refractivity contribution in [1.29, 1.82) is 0 Å². The minimum Gasteiger partial charge on any atom is -0.367 e. The number of carbonyl (C=O) groups excluding carboxylic acids is 2. The molecule has 0 fully saturated rings. The van der Waals surface area contributed by atoms with E-state index in [-0.39, 0.29) is 29.9 Å². The van der Waals surface area contributed by atoms with Crippen LogP contribution in [0.15, 0.2) is 48.5 Å². The molecule has 0 spiro atoms. The maximum atomic E-state index is 13.2. The van der Waals surface area contributed by atoms with Crippen LogP contribution in [-0.4, -0.2) is 23.3 Å². The summed E-state index contributed by atoms with van der Waals surface area (Å²) in [5.41, 5.74) is 4.18. The summed E-state index contributed by atoms with van der Waals surface area (Å²) in [5.74, 6) is -1.11. The monoisotopic (exact) mass is 404 g/mol. The average Bonchev–Trinajstić information content (AvgIpc) is 2.84. The highest BCUT2D eigenvalue weighted by Crippen LogP contribution is 2.43. The second-order valence-corrected chi connectivity index (χ2v) is 8.60. The molecular formula is C22H23F3N2O2. The van der Waals surface area contributed by atoms with E-state index in [2.05, 4.69) is 0 Å². The van der Waals surface area contributed by atoms with E-state index in [1.165, 1.54) is 17.0 Å². The first-order chi connectivity index (χ1) is 13.4. The molecule has 2 aromatic carbocycles. The second-order valence-electron chi connectivity index (χ2n) is 8.60. The number of rotatable bonds is 4. The molecule has 4 nitrogen and oxygen atoms in total. The van der Waals surface area contributed by atoms with Crippen LogP contribution in [0.1, 0.15) is 47.8 Å². The predicted molar refractivity (Wildman–Crippen MR) is 103 cm³/mol. The third-order valence-corrected chi connectivity index (χ3v) is 5.06. The summed E-state index contributed by atoms with van der Waals surface area (Å²) in [6.07, 6.45) is -4.64. The average molecular weight is 404 g/mol. The number of carbonyl (C=O) groups is 2. The largest absolute Gasteiger partial charge is 0.416 e. The minimum absolute atomic E-state index is 0.134. The van der Waals surface area contributed by atoms with Gasteiger partial charge in [-0.25, -0.2) is 0 Å². The Morgan fingerprint density at radius 2 is 1.72 bits per heavy atom. The van der Waals surface area contributed by atoms with Crippen molar-refractivity contribution >= 4 is 11.8 Å². The highest BCUT2D eigenvalue weighted by atomic mass is 19.4. The maximum Gasteiger partial charge on any atom is 0.416 e.